The highest BCUT2D eigenvalue weighted by Crippen LogP contribution is 2.29. The van der Waals surface area contributed by atoms with E-state index < -0.39 is 0 Å². The molecule has 0 unspecified atom stereocenters. The van der Waals surface area contributed by atoms with Gasteiger partial charge in [-0.05, 0) is 35.4 Å². The van der Waals surface area contributed by atoms with Crippen molar-refractivity contribution < 1.29 is 9.18 Å². The summed E-state index contributed by atoms with van der Waals surface area (Å²) in [6, 6.07) is 26.9. The molecule has 8 nitrogen and oxygen atoms in total. The lowest BCUT2D eigenvalue weighted by molar-refractivity contribution is -0.133. The first-order valence-electron chi connectivity index (χ1n) is 13.4. The van der Waals surface area contributed by atoms with Crippen molar-refractivity contribution in [2.45, 2.75) is 19.0 Å². The Balaban J connectivity index is 1.11. The van der Waals surface area contributed by atoms with Gasteiger partial charge in [-0.2, -0.15) is 5.10 Å². The maximum Gasteiger partial charge on any atom is 0.264 e. The summed E-state index contributed by atoms with van der Waals surface area (Å²) in [6.07, 6.45) is 3.11. The number of piperazine rings is 1. The highest BCUT2D eigenvalue weighted by Gasteiger charge is 2.28. The Morgan fingerprint density at radius 1 is 0.850 bits per heavy atom. The second-order valence-electron chi connectivity index (χ2n) is 9.90. The third-order valence-electron chi connectivity index (χ3n) is 7.46. The van der Waals surface area contributed by atoms with E-state index in [1.165, 1.54) is 45.0 Å². The van der Waals surface area contributed by atoms with Crippen LogP contribution in [0.1, 0.15) is 23.6 Å². The molecule has 0 bridgehead atoms. The second kappa shape index (κ2) is 11.2. The monoisotopic (exact) mass is 536 g/mol. The molecule has 0 aliphatic carbocycles. The molecule has 1 amide bonds. The lowest BCUT2D eigenvalue weighted by Gasteiger charge is -2.40. The Kier molecular flexibility index (Phi) is 7.20. The number of hydrogen-bond acceptors (Lipinski definition) is 5. The fourth-order valence-electron chi connectivity index (χ4n) is 5.37. The minimum Gasteiger partial charge on any atom is -0.340 e. The van der Waals surface area contributed by atoms with Crippen molar-refractivity contribution in [3.05, 3.63) is 125 Å². The van der Waals surface area contributed by atoms with Crippen molar-refractivity contribution in [1.82, 2.24) is 29.1 Å². The van der Waals surface area contributed by atoms with Crippen molar-refractivity contribution in [3.63, 3.8) is 0 Å². The molecule has 0 atom stereocenters. The van der Waals surface area contributed by atoms with Crippen LogP contribution >= 0.6 is 0 Å². The number of rotatable bonds is 7. The molecule has 0 saturated carbocycles. The van der Waals surface area contributed by atoms with E-state index in [0.717, 1.165) is 13.1 Å². The molecule has 9 heteroatoms. The van der Waals surface area contributed by atoms with Gasteiger partial charge in [0.25, 0.3) is 5.56 Å². The quantitative estimate of drug-likeness (QED) is 0.314. The van der Waals surface area contributed by atoms with Crippen LogP contribution in [0, 0.1) is 5.82 Å². The third-order valence-corrected chi connectivity index (χ3v) is 7.46. The minimum absolute atomic E-state index is 0.0182. The maximum absolute atomic E-state index is 13.3. The number of halogens is 1. The van der Waals surface area contributed by atoms with Gasteiger partial charge in [-0.15, -0.1) is 0 Å². The van der Waals surface area contributed by atoms with Gasteiger partial charge in [0.2, 0.25) is 5.91 Å². The number of aromatic nitrogens is 4. The van der Waals surface area contributed by atoms with E-state index in [1.54, 1.807) is 12.1 Å². The molecule has 2 aromatic heterocycles. The van der Waals surface area contributed by atoms with Crippen LogP contribution in [0.4, 0.5) is 4.39 Å². The molecule has 3 aromatic carbocycles. The topological polar surface area (TPSA) is 76.3 Å². The maximum atomic E-state index is 13.3. The van der Waals surface area contributed by atoms with Gasteiger partial charge >= 0.3 is 0 Å². The van der Waals surface area contributed by atoms with Crippen LogP contribution in [0.3, 0.4) is 0 Å². The smallest absolute Gasteiger partial charge is 0.264 e. The first-order chi connectivity index (χ1) is 19.6. The summed E-state index contributed by atoms with van der Waals surface area (Å²) in [5, 5.41) is 4.62. The lowest BCUT2D eigenvalue weighted by atomic mass is 9.96. The van der Waals surface area contributed by atoms with Gasteiger partial charge in [0.15, 0.2) is 5.65 Å². The van der Waals surface area contributed by atoms with Gasteiger partial charge in [0.1, 0.15) is 11.2 Å². The summed E-state index contributed by atoms with van der Waals surface area (Å²) in [6.45, 7) is 3.02. The number of hydrogen-bond donors (Lipinski definition) is 0. The van der Waals surface area contributed by atoms with E-state index in [1.807, 2.05) is 17.0 Å². The van der Waals surface area contributed by atoms with Gasteiger partial charge in [0, 0.05) is 39.1 Å². The van der Waals surface area contributed by atoms with Crippen molar-refractivity contribution in [1.29, 1.82) is 0 Å². The van der Waals surface area contributed by atoms with E-state index in [2.05, 4.69) is 63.5 Å². The molecule has 3 heterocycles. The first kappa shape index (κ1) is 25.6. The van der Waals surface area contributed by atoms with Crippen molar-refractivity contribution in [2.24, 2.45) is 0 Å². The van der Waals surface area contributed by atoms with Crippen molar-refractivity contribution >= 4 is 16.9 Å². The Morgan fingerprint density at radius 3 is 2.10 bits per heavy atom. The fraction of sp³-hybridized carbons (Fsp3) is 0.226. The molecule has 1 aliphatic heterocycles. The van der Waals surface area contributed by atoms with Crippen LogP contribution in [0.2, 0.25) is 0 Å². The molecular weight excluding hydrogens is 507 g/mol. The van der Waals surface area contributed by atoms with E-state index in [-0.39, 0.29) is 36.3 Å². The molecule has 40 heavy (non-hydrogen) atoms. The first-order valence-corrected chi connectivity index (χ1v) is 13.4. The average Bonchev–Trinajstić information content (AvgIpc) is 3.44. The Hall–Kier alpha value is -4.63. The summed E-state index contributed by atoms with van der Waals surface area (Å²) in [5.74, 6) is -0.335. The van der Waals surface area contributed by atoms with Crippen LogP contribution in [-0.2, 0) is 11.3 Å². The highest BCUT2D eigenvalue weighted by molar-refractivity contribution is 5.77. The highest BCUT2D eigenvalue weighted by atomic mass is 19.1. The standard InChI is InChI=1S/C31H29FN6O2/c32-25-11-13-26(14-12-25)38-30-27(21-34-38)31(40)37(22-33-30)16-15-28(39)35-17-19-36(20-18-35)29(23-7-3-1-4-8-23)24-9-5-2-6-10-24/h1-14,21-22,29H,15-20H2. The minimum atomic E-state index is -0.353. The van der Waals surface area contributed by atoms with Crippen LogP contribution in [0.25, 0.3) is 16.7 Å². The summed E-state index contributed by atoms with van der Waals surface area (Å²) in [7, 11) is 0. The van der Waals surface area contributed by atoms with Gasteiger partial charge in [0.05, 0.1) is 24.3 Å². The predicted molar refractivity (Wildman–Crippen MR) is 151 cm³/mol. The Morgan fingerprint density at radius 2 is 1.48 bits per heavy atom. The van der Waals surface area contributed by atoms with Gasteiger partial charge < -0.3 is 4.90 Å². The fourth-order valence-corrected chi connectivity index (χ4v) is 5.37. The average molecular weight is 537 g/mol. The summed E-state index contributed by atoms with van der Waals surface area (Å²) < 4.78 is 16.3. The van der Waals surface area contributed by atoms with Gasteiger partial charge in [-0.1, -0.05) is 60.7 Å². The third kappa shape index (κ3) is 5.15. The van der Waals surface area contributed by atoms with Crippen LogP contribution < -0.4 is 5.56 Å². The zero-order chi connectivity index (χ0) is 27.5. The van der Waals surface area contributed by atoms with Crippen LogP contribution in [0.5, 0.6) is 0 Å². The molecule has 0 N–H and O–H groups in total. The van der Waals surface area contributed by atoms with E-state index in [9.17, 15) is 14.0 Å². The van der Waals surface area contributed by atoms with Crippen LogP contribution in [0.15, 0.2) is 102 Å². The van der Waals surface area contributed by atoms with E-state index in [4.69, 9.17) is 0 Å². The number of aryl methyl sites for hydroxylation is 1. The van der Waals surface area contributed by atoms with Gasteiger partial charge in [-0.3, -0.25) is 19.1 Å². The lowest BCUT2D eigenvalue weighted by Crippen LogP contribution is -2.50. The number of carbonyl (C=O) groups excluding carboxylic acids is 1. The molecule has 1 fully saturated rings. The summed E-state index contributed by atoms with van der Waals surface area (Å²) >= 11 is 0. The van der Waals surface area contributed by atoms with Crippen molar-refractivity contribution in [2.75, 3.05) is 26.2 Å². The van der Waals surface area contributed by atoms with Crippen molar-refractivity contribution in [3.8, 4) is 5.69 Å². The number of fused-ring (bicyclic) bond motifs is 1. The van der Waals surface area contributed by atoms with Crippen LogP contribution in [-0.4, -0.2) is 61.2 Å². The van der Waals surface area contributed by atoms with E-state index in [0.29, 0.717) is 29.8 Å². The predicted octanol–water partition coefficient (Wildman–Crippen LogP) is 4.05. The largest absolute Gasteiger partial charge is 0.340 e. The molecule has 6 rings (SSSR count). The molecule has 0 spiro atoms. The number of amides is 1. The SMILES string of the molecule is O=C(CCn1cnc2c(cnn2-c2ccc(F)cc2)c1=O)N1CCN(C(c2ccccc2)c2ccccc2)CC1. The Bertz CT molecular complexity index is 1620. The van der Waals surface area contributed by atoms with E-state index >= 15 is 0 Å². The molecule has 0 radical (unpaired) electrons. The zero-order valence-electron chi connectivity index (χ0n) is 21.9. The molecule has 1 saturated heterocycles. The summed E-state index contributed by atoms with van der Waals surface area (Å²) in [4.78, 5) is 34.9. The normalized spacial score (nSPS) is 14.2. The summed E-state index contributed by atoms with van der Waals surface area (Å²) in [5.41, 5.74) is 3.21. The number of benzene rings is 3. The molecule has 5 aromatic rings. The zero-order valence-corrected chi connectivity index (χ0v) is 21.9. The number of nitrogens with zero attached hydrogens (tertiary/aromatic N) is 6. The molecule has 202 valence electrons. The number of carbonyl (C=O) groups is 1. The molecular formula is C31H29FN6O2. The second-order valence-corrected chi connectivity index (χ2v) is 9.90. The van der Waals surface area contributed by atoms with Gasteiger partial charge in [-0.25, -0.2) is 14.1 Å². The molecule has 1 aliphatic rings. The Labute approximate surface area is 230 Å².